The molecule has 0 radical (unpaired) electrons. The molecule has 1 amide bonds. The number of aromatic nitrogens is 2. The number of amides is 1. The quantitative estimate of drug-likeness (QED) is 0.899. The molecule has 2 rings (SSSR count). The average Bonchev–Trinajstić information content (AvgIpc) is 2.59. The Labute approximate surface area is 126 Å². The second-order valence-electron chi connectivity index (χ2n) is 6.97. The van der Waals surface area contributed by atoms with E-state index in [9.17, 15) is 4.79 Å². The SMILES string of the molecule is CCc1nn(C)c(C(=O)N2CC(C)(C)OC(C)(C)C2)c1N. The fourth-order valence-corrected chi connectivity index (χ4v) is 3.19. The predicted molar refractivity (Wildman–Crippen MR) is 82.1 cm³/mol. The van der Waals surface area contributed by atoms with Crippen molar-refractivity contribution in [2.45, 2.75) is 52.2 Å². The van der Waals surface area contributed by atoms with Crippen molar-refractivity contribution in [2.75, 3.05) is 18.8 Å². The van der Waals surface area contributed by atoms with Gasteiger partial charge in [-0.15, -0.1) is 0 Å². The highest BCUT2D eigenvalue weighted by Crippen LogP contribution is 2.30. The zero-order chi connectivity index (χ0) is 16.0. The van der Waals surface area contributed by atoms with E-state index in [0.29, 0.717) is 30.9 Å². The van der Waals surface area contributed by atoms with Gasteiger partial charge in [0.05, 0.1) is 22.6 Å². The normalized spacial score (nSPS) is 20.6. The van der Waals surface area contributed by atoms with Gasteiger partial charge in [-0.05, 0) is 34.1 Å². The molecular weight excluding hydrogens is 268 g/mol. The molecule has 2 heterocycles. The summed E-state index contributed by atoms with van der Waals surface area (Å²) in [5.41, 5.74) is 7.08. The van der Waals surface area contributed by atoms with Crippen molar-refractivity contribution in [3.8, 4) is 0 Å². The number of anilines is 1. The molecule has 0 spiro atoms. The molecule has 1 aliphatic heterocycles. The molecule has 1 saturated heterocycles. The van der Waals surface area contributed by atoms with E-state index in [1.165, 1.54) is 0 Å². The maximum absolute atomic E-state index is 12.9. The number of carbonyl (C=O) groups excluding carboxylic acids is 1. The molecule has 0 aromatic carbocycles. The molecular formula is C15H26N4O2. The Balaban J connectivity index is 2.34. The van der Waals surface area contributed by atoms with Crippen LogP contribution in [0.4, 0.5) is 5.69 Å². The Hall–Kier alpha value is -1.56. The minimum absolute atomic E-state index is 0.0772. The van der Waals surface area contributed by atoms with Crippen LogP contribution in [0.3, 0.4) is 0 Å². The minimum Gasteiger partial charge on any atom is -0.395 e. The first-order chi connectivity index (χ1) is 9.56. The maximum atomic E-state index is 12.9. The topological polar surface area (TPSA) is 73.4 Å². The zero-order valence-corrected chi connectivity index (χ0v) is 13.9. The maximum Gasteiger partial charge on any atom is 0.274 e. The monoisotopic (exact) mass is 294 g/mol. The van der Waals surface area contributed by atoms with E-state index < -0.39 is 0 Å². The summed E-state index contributed by atoms with van der Waals surface area (Å²) < 4.78 is 7.61. The lowest BCUT2D eigenvalue weighted by atomic mass is 9.98. The molecule has 0 aliphatic carbocycles. The van der Waals surface area contributed by atoms with Crippen LogP contribution < -0.4 is 5.73 Å². The van der Waals surface area contributed by atoms with Crippen molar-refractivity contribution in [2.24, 2.45) is 7.05 Å². The van der Waals surface area contributed by atoms with Gasteiger partial charge in [-0.25, -0.2) is 0 Å². The van der Waals surface area contributed by atoms with E-state index in [4.69, 9.17) is 10.5 Å². The van der Waals surface area contributed by atoms with E-state index in [0.717, 1.165) is 5.69 Å². The molecule has 0 atom stereocenters. The summed E-state index contributed by atoms with van der Waals surface area (Å²) in [5, 5.41) is 4.33. The zero-order valence-electron chi connectivity index (χ0n) is 13.9. The van der Waals surface area contributed by atoms with Gasteiger partial charge in [0.2, 0.25) is 0 Å². The number of rotatable bonds is 2. The predicted octanol–water partition coefficient (Wildman–Crippen LogP) is 1.59. The van der Waals surface area contributed by atoms with Crippen LogP contribution in [0.2, 0.25) is 0 Å². The van der Waals surface area contributed by atoms with Gasteiger partial charge in [-0.2, -0.15) is 5.10 Å². The van der Waals surface area contributed by atoms with Gasteiger partial charge in [0, 0.05) is 20.1 Å². The van der Waals surface area contributed by atoms with Crippen LogP contribution in [-0.2, 0) is 18.2 Å². The van der Waals surface area contributed by atoms with Gasteiger partial charge in [-0.1, -0.05) is 6.92 Å². The Morgan fingerprint density at radius 1 is 1.29 bits per heavy atom. The number of aryl methyl sites for hydroxylation is 2. The van der Waals surface area contributed by atoms with Crippen molar-refractivity contribution in [1.29, 1.82) is 0 Å². The van der Waals surface area contributed by atoms with Crippen molar-refractivity contribution >= 4 is 11.6 Å². The molecule has 1 aromatic rings. The second-order valence-corrected chi connectivity index (χ2v) is 6.97. The Bertz CT molecular complexity index is 544. The number of hydrogen-bond donors (Lipinski definition) is 1. The molecule has 2 N–H and O–H groups in total. The van der Waals surface area contributed by atoms with Crippen LogP contribution >= 0.6 is 0 Å². The third-order valence-electron chi connectivity index (χ3n) is 3.68. The van der Waals surface area contributed by atoms with Gasteiger partial charge < -0.3 is 15.4 Å². The highest BCUT2D eigenvalue weighted by Gasteiger charge is 2.41. The highest BCUT2D eigenvalue weighted by atomic mass is 16.5. The average molecular weight is 294 g/mol. The summed E-state index contributed by atoms with van der Waals surface area (Å²) in [4.78, 5) is 14.7. The van der Waals surface area contributed by atoms with Crippen molar-refractivity contribution < 1.29 is 9.53 Å². The van der Waals surface area contributed by atoms with E-state index in [1.54, 1.807) is 11.7 Å². The van der Waals surface area contributed by atoms with Gasteiger partial charge in [0.25, 0.3) is 5.91 Å². The number of nitrogens with two attached hydrogens (primary N) is 1. The molecule has 1 aliphatic rings. The molecule has 6 nitrogen and oxygen atoms in total. The standard InChI is InChI=1S/C15H26N4O2/c1-7-10-11(16)12(18(6)17-10)13(20)19-8-14(2,3)21-15(4,5)9-19/h7-9,16H2,1-6H3. The van der Waals surface area contributed by atoms with E-state index >= 15 is 0 Å². The first-order valence-corrected chi connectivity index (χ1v) is 7.37. The van der Waals surface area contributed by atoms with Crippen LogP contribution in [-0.4, -0.2) is 44.9 Å². The fourth-order valence-electron chi connectivity index (χ4n) is 3.19. The van der Waals surface area contributed by atoms with E-state index in [1.807, 2.05) is 39.5 Å². The van der Waals surface area contributed by atoms with Crippen molar-refractivity contribution in [1.82, 2.24) is 14.7 Å². The molecule has 0 unspecified atom stereocenters. The van der Waals surface area contributed by atoms with Gasteiger partial charge >= 0.3 is 0 Å². The summed E-state index contributed by atoms with van der Waals surface area (Å²) in [6, 6.07) is 0. The van der Waals surface area contributed by atoms with Crippen LogP contribution in [0.5, 0.6) is 0 Å². The molecule has 1 aromatic heterocycles. The minimum atomic E-state index is -0.377. The Kier molecular flexibility index (Phi) is 3.78. The summed E-state index contributed by atoms with van der Waals surface area (Å²) in [6.07, 6.45) is 0.715. The molecule has 6 heteroatoms. The molecule has 0 bridgehead atoms. The van der Waals surface area contributed by atoms with Crippen molar-refractivity contribution in [3.05, 3.63) is 11.4 Å². The summed E-state index contributed by atoms with van der Waals surface area (Å²) in [6.45, 7) is 11.1. The third kappa shape index (κ3) is 3.05. The molecule has 21 heavy (non-hydrogen) atoms. The van der Waals surface area contributed by atoms with E-state index in [2.05, 4.69) is 5.10 Å². The summed E-state index contributed by atoms with van der Waals surface area (Å²) in [7, 11) is 1.76. The number of nitrogens with zero attached hydrogens (tertiary/aromatic N) is 3. The van der Waals surface area contributed by atoms with Gasteiger partial charge in [0.1, 0.15) is 5.69 Å². The third-order valence-corrected chi connectivity index (χ3v) is 3.68. The lowest BCUT2D eigenvalue weighted by Crippen LogP contribution is -2.58. The molecule has 0 saturated carbocycles. The smallest absolute Gasteiger partial charge is 0.274 e. The Morgan fingerprint density at radius 2 is 1.81 bits per heavy atom. The summed E-state index contributed by atoms with van der Waals surface area (Å²) >= 11 is 0. The number of nitrogen functional groups attached to an aromatic ring is 1. The highest BCUT2D eigenvalue weighted by molar-refractivity contribution is 5.98. The number of ether oxygens (including phenoxy) is 1. The van der Waals surface area contributed by atoms with E-state index in [-0.39, 0.29) is 17.1 Å². The second kappa shape index (κ2) is 5.02. The lowest BCUT2D eigenvalue weighted by molar-refractivity contribution is -0.171. The molecule has 1 fully saturated rings. The van der Waals surface area contributed by atoms with Crippen LogP contribution in [0.15, 0.2) is 0 Å². The number of morpholine rings is 1. The first kappa shape index (κ1) is 15.8. The molecule has 118 valence electrons. The number of hydrogen-bond acceptors (Lipinski definition) is 4. The van der Waals surface area contributed by atoms with Gasteiger partial charge in [-0.3, -0.25) is 9.48 Å². The van der Waals surface area contributed by atoms with Crippen LogP contribution in [0, 0.1) is 0 Å². The largest absolute Gasteiger partial charge is 0.395 e. The fraction of sp³-hybridized carbons (Fsp3) is 0.733. The summed E-state index contributed by atoms with van der Waals surface area (Å²) in [5.74, 6) is -0.0772. The first-order valence-electron chi connectivity index (χ1n) is 7.37. The van der Waals surface area contributed by atoms with Gasteiger partial charge in [0.15, 0.2) is 0 Å². The number of carbonyl (C=O) groups is 1. The lowest BCUT2D eigenvalue weighted by Gasteiger charge is -2.47. The van der Waals surface area contributed by atoms with Crippen molar-refractivity contribution in [3.63, 3.8) is 0 Å². The van der Waals surface area contributed by atoms with Crippen LogP contribution in [0.1, 0.15) is 50.8 Å². The Morgan fingerprint density at radius 3 is 2.24 bits per heavy atom. The van der Waals surface area contributed by atoms with Crippen LogP contribution in [0.25, 0.3) is 0 Å².